The number of pyridine rings is 1. The summed E-state index contributed by atoms with van der Waals surface area (Å²) in [6, 6.07) is 0.735. The summed E-state index contributed by atoms with van der Waals surface area (Å²) >= 11 is 0. The quantitative estimate of drug-likeness (QED) is 0.626. The topological polar surface area (TPSA) is 91.3 Å². The monoisotopic (exact) mass is 233 g/mol. The van der Waals surface area contributed by atoms with E-state index < -0.39 is 22.6 Å². The molecule has 8 heteroatoms. The normalized spacial score (nSPS) is 10.6. The van der Waals surface area contributed by atoms with E-state index in [1.54, 1.807) is 0 Å². The van der Waals surface area contributed by atoms with Crippen molar-refractivity contribution in [3.05, 3.63) is 27.4 Å². The number of methoxy groups -OCH3 is 1. The number of alkyl halides is 2. The van der Waals surface area contributed by atoms with Gasteiger partial charge < -0.3 is 10.5 Å². The van der Waals surface area contributed by atoms with Gasteiger partial charge in [-0.05, 0) is 0 Å². The van der Waals surface area contributed by atoms with Gasteiger partial charge in [0.1, 0.15) is 0 Å². The molecule has 1 aromatic rings. The Morgan fingerprint density at radius 3 is 2.69 bits per heavy atom. The van der Waals surface area contributed by atoms with Gasteiger partial charge in [-0.1, -0.05) is 0 Å². The highest BCUT2D eigenvalue weighted by molar-refractivity contribution is 5.46. The first-order chi connectivity index (χ1) is 7.51. The van der Waals surface area contributed by atoms with Gasteiger partial charge in [-0.3, -0.25) is 10.1 Å². The highest BCUT2D eigenvalue weighted by atomic mass is 19.3. The van der Waals surface area contributed by atoms with Crippen LogP contribution in [0.1, 0.15) is 17.7 Å². The van der Waals surface area contributed by atoms with Crippen LogP contribution in [0.5, 0.6) is 5.88 Å². The Labute approximate surface area is 89.2 Å². The van der Waals surface area contributed by atoms with E-state index in [4.69, 9.17) is 5.73 Å². The predicted octanol–water partition coefficient (Wildman–Crippen LogP) is 1.39. The van der Waals surface area contributed by atoms with E-state index in [0.29, 0.717) is 0 Å². The number of halogens is 2. The number of hydrogen-bond acceptors (Lipinski definition) is 5. The number of nitrogens with two attached hydrogens (primary N) is 1. The largest absolute Gasteiger partial charge is 0.476 e. The third kappa shape index (κ3) is 2.22. The molecule has 1 heterocycles. The van der Waals surface area contributed by atoms with Crippen LogP contribution in [0.15, 0.2) is 6.07 Å². The molecule has 0 spiro atoms. The third-order valence-electron chi connectivity index (χ3n) is 1.90. The van der Waals surface area contributed by atoms with Crippen molar-refractivity contribution in [2.24, 2.45) is 5.73 Å². The van der Waals surface area contributed by atoms with E-state index in [1.807, 2.05) is 0 Å². The molecule has 0 saturated carbocycles. The van der Waals surface area contributed by atoms with E-state index >= 15 is 0 Å². The number of aromatic nitrogens is 1. The Hall–Kier alpha value is -1.83. The van der Waals surface area contributed by atoms with Crippen LogP contribution in [0.4, 0.5) is 14.5 Å². The second kappa shape index (κ2) is 4.79. The fraction of sp³-hybridized carbons (Fsp3) is 0.375. The van der Waals surface area contributed by atoms with Gasteiger partial charge in [0.2, 0.25) is 0 Å². The summed E-state index contributed by atoms with van der Waals surface area (Å²) in [7, 11) is 1.16. The van der Waals surface area contributed by atoms with E-state index in [2.05, 4.69) is 9.72 Å². The lowest BCUT2D eigenvalue weighted by atomic mass is 10.2. The molecule has 16 heavy (non-hydrogen) atoms. The van der Waals surface area contributed by atoms with Crippen LogP contribution in [0.25, 0.3) is 0 Å². The number of nitrogens with zero attached hydrogens (tertiary/aromatic N) is 2. The average Bonchev–Trinajstić information content (AvgIpc) is 2.26. The minimum absolute atomic E-state index is 0.113. The fourth-order valence-electron chi connectivity index (χ4n) is 1.17. The molecule has 0 radical (unpaired) electrons. The lowest BCUT2D eigenvalue weighted by Gasteiger charge is -2.08. The Morgan fingerprint density at radius 2 is 2.31 bits per heavy atom. The summed E-state index contributed by atoms with van der Waals surface area (Å²) in [6.45, 7) is -0.242. The maximum absolute atomic E-state index is 12.5. The average molecular weight is 233 g/mol. The highest BCUT2D eigenvalue weighted by Crippen LogP contribution is 2.31. The maximum atomic E-state index is 12.5. The zero-order valence-corrected chi connectivity index (χ0v) is 8.31. The third-order valence-corrected chi connectivity index (χ3v) is 1.90. The Kier molecular flexibility index (Phi) is 3.67. The molecule has 0 aliphatic carbocycles. The molecule has 0 aliphatic rings. The molecule has 1 aromatic heterocycles. The van der Waals surface area contributed by atoms with Crippen LogP contribution in [0, 0.1) is 10.1 Å². The summed E-state index contributed by atoms with van der Waals surface area (Å²) in [4.78, 5) is 13.3. The standard InChI is InChI=1S/C8H9F2N3O3/c1-16-8-6(13(14)15)2-4(7(9)10)5(3-11)12-8/h2,7H,3,11H2,1H3. The Bertz CT molecular complexity index is 412. The van der Waals surface area contributed by atoms with Crippen LogP contribution < -0.4 is 10.5 Å². The number of hydrogen-bond donors (Lipinski definition) is 1. The van der Waals surface area contributed by atoms with Crippen molar-refractivity contribution in [3.63, 3.8) is 0 Å². The van der Waals surface area contributed by atoms with Gasteiger partial charge in [0.25, 0.3) is 12.3 Å². The minimum Gasteiger partial charge on any atom is -0.476 e. The summed E-state index contributed by atoms with van der Waals surface area (Å²) in [5.41, 5.74) is 3.96. The molecular weight excluding hydrogens is 224 g/mol. The van der Waals surface area contributed by atoms with E-state index in [9.17, 15) is 18.9 Å². The van der Waals surface area contributed by atoms with Crippen molar-refractivity contribution in [3.8, 4) is 5.88 Å². The summed E-state index contributed by atoms with van der Waals surface area (Å²) in [5, 5.41) is 10.6. The van der Waals surface area contributed by atoms with Crippen molar-refractivity contribution in [2.45, 2.75) is 13.0 Å². The lowest BCUT2D eigenvalue weighted by Crippen LogP contribution is -2.08. The smallest absolute Gasteiger partial charge is 0.331 e. The van der Waals surface area contributed by atoms with E-state index in [-0.39, 0.29) is 18.1 Å². The van der Waals surface area contributed by atoms with Gasteiger partial charge in [-0.2, -0.15) is 0 Å². The van der Waals surface area contributed by atoms with Crippen LogP contribution in [-0.4, -0.2) is 17.0 Å². The summed E-state index contributed by atoms with van der Waals surface area (Å²) < 4.78 is 29.7. The summed E-state index contributed by atoms with van der Waals surface area (Å²) in [5.74, 6) is -0.324. The molecule has 88 valence electrons. The maximum Gasteiger partial charge on any atom is 0.331 e. The molecule has 0 aromatic carbocycles. The van der Waals surface area contributed by atoms with E-state index in [0.717, 1.165) is 13.2 Å². The molecule has 0 fully saturated rings. The van der Waals surface area contributed by atoms with Gasteiger partial charge in [0.05, 0.1) is 17.7 Å². The molecule has 0 unspecified atom stereocenters. The Balaban J connectivity index is 3.40. The molecular formula is C8H9F2N3O3. The molecule has 0 bridgehead atoms. The lowest BCUT2D eigenvalue weighted by molar-refractivity contribution is -0.386. The highest BCUT2D eigenvalue weighted by Gasteiger charge is 2.24. The Morgan fingerprint density at radius 1 is 1.69 bits per heavy atom. The first kappa shape index (κ1) is 12.2. The first-order valence-corrected chi connectivity index (χ1v) is 4.21. The van der Waals surface area contributed by atoms with Crippen molar-refractivity contribution in [1.29, 1.82) is 0 Å². The number of nitro groups is 1. The molecule has 0 aliphatic heterocycles. The van der Waals surface area contributed by atoms with Gasteiger partial charge in [-0.25, -0.2) is 13.8 Å². The van der Waals surface area contributed by atoms with E-state index in [1.165, 1.54) is 0 Å². The van der Waals surface area contributed by atoms with Crippen molar-refractivity contribution >= 4 is 5.69 Å². The molecule has 6 nitrogen and oxygen atoms in total. The molecule has 0 saturated heterocycles. The first-order valence-electron chi connectivity index (χ1n) is 4.21. The zero-order valence-electron chi connectivity index (χ0n) is 8.31. The van der Waals surface area contributed by atoms with Crippen LogP contribution in [0.3, 0.4) is 0 Å². The van der Waals surface area contributed by atoms with Gasteiger partial charge in [0, 0.05) is 18.2 Å². The second-order valence-corrected chi connectivity index (χ2v) is 2.81. The molecule has 0 amide bonds. The van der Waals surface area contributed by atoms with Crippen LogP contribution in [-0.2, 0) is 6.54 Å². The van der Waals surface area contributed by atoms with Crippen molar-refractivity contribution in [2.75, 3.05) is 7.11 Å². The number of rotatable bonds is 4. The molecule has 1 rings (SSSR count). The van der Waals surface area contributed by atoms with Gasteiger partial charge in [0.15, 0.2) is 0 Å². The predicted molar refractivity (Wildman–Crippen MR) is 50.3 cm³/mol. The molecule has 0 atom stereocenters. The van der Waals surface area contributed by atoms with Gasteiger partial charge >= 0.3 is 5.69 Å². The van der Waals surface area contributed by atoms with Crippen LogP contribution >= 0.6 is 0 Å². The SMILES string of the molecule is COc1nc(CN)c(C(F)F)cc1[N+](=O)[O-]. The van der Waals surface area contributed by atoms with Crippen molar-refractivity contribution in [1.82, 2.24) is 4.98 Å². The zero-order chi connectivity index (χ0) is 12.3. The van der Waals surface area contributed by atoms with Crippen molar-refractivity contribution < 1.29 is 18.4 Å². The summed E-state index contributed by atoms with van der Waals surface area (Å²) in [6.07, 6.45) is -2.87. The van der Waals surface area contributed by atoms with Crippen LogP contribution in [0.2, 0.25) is 0 Å². The second-order valence-electron chi connectivity index (χ2n) is 2.81. The molecule has 2 N–H and O–H groups in total. The minimum atomic E-state index is -2.87. The van der Waals surface area contributed by atoms with Gasteiger partial charge in [-0.15, -0.1) is 0 Å². The number of ether oxygens (including phenoxy) is 1. The fourth-order valence-corrected chi connectivity index (χ4v) is 1.17.